The van der Waals surface area contributed by atoms with Gasteiger partial charge >= 0.3 is 30.4 Å². The zero-order valence-electron chi connectivity index (χ0n) is 52.2. The number of nitrogens with one attached hydrogen (secondary N) is 3. The lowest BCUT2D eigenvalue weighted by molar-refractivity contribution is -0.152. The third-order valence-corrected chi connectivity index (χ3v) is 16.7. The number of amides is 9. The number of hydrogen-bond acceptors (Lipinski definition) is 12. The number of alkyl halides is 9. The molecule has 6 aromatic rings. The molecule has 0 bridgehead atoms. The van der Waals surface area contributed by atoms with Gasteiger partial charge in [-0.2, -0.15) is 41.6 Å². The molecule has 0 saturated carbocycles. The van der Waals surface area contributed by atoms with Gasteiger partial charge in [0.15, 0.2) is 0 Å². The molecule has 0 unspecified atom stereocenters. The number of hydroxylamine groups is 6. The first kappa shape index (κ1) is 69.4. The number of aromatic nitrogens is 6. The number of carbonyl (C=O) groups excluding carboxylic acids is 6. The van der Waals surface area contributed by atoms with E-state index < -0.39 is 115 Å². The normalized spacial score (nSPS) is 21.0. The maximum Gasteiger partial charge on any atom is 0.419 e. The van der Waals surface area contributed by atoms with Crippen LogP contribution < -0.4 is 16.0 Å². The van der Waals surface area contributed by atoms with Crippen LogP contribution in [0.15, 0.2) is 54.6 Å². The monoisotopic (exact) mass is 1370 g/mol. The highest BCUT2D eigenvalue weighted by molar-refractivity contribution is 5.97. The van der Waals surface area contributed by atoms with Crippen LogP contribution in [0.3, 0.4) is 0 Å². The number of anilines is 3. The molecule has 6 aliphatic rings. The second-order valence-electron chi connectivity index (χ2n) is 23.6. The maximum absolute atomic E-state index is 13.5. The second kappa shape index (κ2) is 27.3. The molecule has 3 aromatic carbocycles. The fourth-order valence-electron chi connectivity index (χ4n) is 11.8. The van der Waals surface area contributed by atoms with Crippen LogP contribution in [-0.2, 0) is 85.4 Å². The van der Waals surface area contributed by atoms with Gasteiger partial charge in [-0.05, 0) is 87.9 Å². The Bertz CT molecular complexity index is 3840. The molecule has 36 heteroatoms. The van der Waals surface area contributed by atoms with E-state index in [-0.39, 0.29) is 92.8 Å². The number of nitrogens with zero attached hydrogens (tertiary/aromatic N) is 12. The van der Waals surface area contributed by atoms with Crippen molar-refractivity contribution in [3.8, 4) is 0 Å². The molecule has 516 valence electrons. The fraction of sp³-hybridized carbons (Fsp3) is 0.450. The van der Waals surface area contributed by atoms with Gasteiger partial charge in [-0.1, -0.05) is 0 Å². The van der Waals surface area contributed by atoms with Crippen molar-refractivity contribution in [1.29, 1.82) is 0 Å². The number of rotatable bonds is 6. The van der Waals surface area contributed by atoms with Gasteiger partial charge in [-0.15, -0.1) is 0 Å². The molecule has 0 aliphatic carbocycles. The maximum atomic E-state index is 13.5. The average molecular weight is 1370 g/mol. The Labute approximate surface area is 538 Å². The minimum absolute atomic E-state index is 0.00525. The topological polar surface area (TPSA) is 239 Å². The molecule has 0 spiro atoms. The second-order valence-corrected chi connectivity index (χ2v) is 23.6. The molecule has 6 aliphatic heterocycles. The summed E-state index contributed by atoms with van der Waals surface area (Å²) in [4.78, 5) is 97.2. The van der Waals surface area contributed by atoms with E-state index in [1.807, 2.05) is 6.92 Å². The third-order valence-electron chi connectivity index (χ3n) is 16.7. The van der Waals surface area contributed by atoms with Crippen LogP contribution in [0.4, 0.5) is 84.1 Å². The largest absolute Gasteiger partial charge is 0.419 e. The number of halogens is 12. The van der Waals surface area contributed by atoms with Crippen LogP contribution in [0, 0.1) is 24.4 Å². The number of benzene rings is 3. The Kier molecular flexibility index (Phi) is 19.8. The van der Waals surface area contributed by atoms with Crippen LogP contribution in [-0.4, -0.2) is 173 Å². The number of carbonyl (C=O) groups is 6. The molecular weight excluding hydrogens is 1300 g/mol. The van der Waals surface area contributed by atoms with Gasteiger partial charge in [0, 0.05) is 92.3 Å². The number of urea groups is 3. The summed E-state index contributed by atoms with van der Waals surface area (Å²) in [5, 5.41) is 23.7. The highest BCUT2D eigenvalue weighted by Gasteiger charge is 2.43. The smallest absolute Gasteiger partial charge is 0.317 e. The Morgan fingerprint density at radius 2 is 0.760 bits per heavy atom. The molecule has 0 radical (unpaired) electrons. The molecule has 9 amide bonds. The van der Waals surface area contributed by atoms with Crippen molar-refractivity contribution in [3.05, 3.63) is 140 Å². The Balaban J connectivity index is 0.000000157. The van der Waals surface area contributed by atoms with Crippen molar-refractivity contribution in [2.45, 2.75) is 135 Å². The standard InChI is InChI=1S/2C20H20F5N5O3.C20H23F2N5O3/c2*1-10-5-16-13(17-18(31)28(2)33-12(7-21)8-30(17)27-16)9-29(10)19(32)26-11-3-4-15(22)14(6-11)20(23,24)25;1-11-6-13(4-5-16(11)22)23-20(29)26-10-15-17(7-12(26)2)24-27-9-14(8-21)30-25(3)19(28)18(15)27/h2*3-4,6,10,12H,5,7-9H2,1-2H3,(H,26,32);4-6,12,14H,7-10H2,1-3H3,(H,23,29)/t10-,12+;10-,12-;12-,14-/m111/s1. The van der Waals surface area contributed by atoms with Gasteiger partial charge in [0.2, 0.25) is 0 Å². The fourth-order valence-corrected chi connectivity index (χ4v) is 11.8. The van der Waals surface area contributed by atoms with Gasteiger partial charge < -0.3 is 30.7 Å². The molecule has 24 nitrogen and oxygen atoms in total. The quantitative estimate of drug-likeness (QED) is 0.132. The van der Waals surface area contributed by atoms with E-state index in [4.69, 9.17) is 14.5 Å². The van der Waals surface area contributed by atoms with Crippen molar-refractivity contribution in [2.75, 3.05) is 57.1 Å². The Hall–Kier alpha value is -9.45. The highest BCUT2D eigenvalue weighted by atomic mass is 19.4. The van der Waals surface area contributed by atoms with Crippen LogP contribution in [0.2, 0.25) is 0 Å². The minimum atomic E-state index is -4.92. The average Bonchev–Trinajstić information content (AvgIpc) is 1.61. The van der Waals surface area contributed by atoms with Crippen molar-refractivity contribution < 1.29 is 96.0 Å². The van der Waals surface area contributed by atoms with Crippen LogP contribution in [0.5, 0.6) is 0 Å². The molecule has 12 rings (SSSR count). The summed E-state index contributed by atoms with van der Waals surface area (Å²) >= 11 is 0. The lowest BCUT2D eigenvalue weighted by Crippen LogP contribution is -2.45. The third kappa shape index (κ3) is 14.2. The summed E-state index contributed by atoms with van der Waals surface area (Å²) in [6, 6.07) is 5.95. The SMILES string of the molecule is C[C@@H]1Cc2nn3c(c2CN1C(=O)Nc1ccc(F)c(C(F)(F)F)c1)C(=O)N(C)O[C@@H](CF)C3.C[C@@H]1Cc2nn3c(c2CN1C(=O)Nc1ccc(F)c(C(F)(F)F)c1)C(=O)N(C)O[C@H](CF)C3.Cc1cc(NC(=O)N2Cc3c(nn4c3C(=O)N(C)O[C@H](CF)C4)C[C@H]2C)ccc1F. The summed E-state index contributed by atoms with van der Waals surface area (Å²) < 4.78 is 162. The summed E-state index contributed by atoms with van der Waals surface area (Å²) in [6.07, 6.45) is -11.4. The van der Waals surface area contributed by atoms with Crippen molar-refractivity contribution in [3.63, 3.8) is 0 Å². The van der Waals surface area contributed by atoms with E-state index in [0.717, 1.165) is 33.0 Å². The van der Waals surface area contributed by atoms with E-state index in [9.17, 15) is 81.5 Å². The van der Waals surface area contributed by atoms with Gasteiger partial charge in [0.1, 0.15) is 72.9 Å². The first-order valence-electron chi connectivity index (χ1n) is 29.8. The van der Waals surface area contributed by atoms with E-state index in [1.165, 1.54) is 57.1 Å². The highest BCUT2D eigenvalue weighted by Crippen LogP contribution is 2.37. The molecule has 3 N–H and O–H groups in total. The van der Waals surface area contributed by atoms with Gasteiger partial charge in [-0.25, -0.2) is 55.9 Å². The minimum Gasteiger partial charge on any atom is -0.317 e. The number of hydrogen-bond donors (Lipinski definition) is 3. The lowest BCUT2D eigenvalue weighted by atomic mass is 9.99. The van der Waals surface area contributed by atoms with Crippen LogP contribution in [0.1, 0.15) is 103 Å². The van der Waals surface area contributed by atoms with Crippen LogP contribution >= 0.6 is 0 Å². The molecule has 3 aromatic heterocycles. The number of fused-ring (bicyclic) bond motifs is 9. The Morgan fingerprint density at radius 3 is 1.03 bits per heavy atom. The summed E-state index contributed by atoms with van der Waals surface area (Å²) in [5.74, 6) is -4.77. The molecular formula is C60H63F12N15O9. The first-order chi connectivity index (χ1) is 45.3. The van der Waals surface area contributed by atoms with Gasteiger partial charge in [0.05, 0.1) is 67.5 Å². The molecule has 6 atom stereocenters. The van der Waals surface area contributed by atoms with E-state index in [1.54, 1.807) is 31.7 Å². The predicted octanol–water partition coefficient (Wildman–Crippen LogP) is 9.41. The van der Waals surface area contributed by atoms with Crippen molar-refractivity contribution in [1.82, 2.24) is 59.2 Å². The zero-order chi connectivity index (χ0) is 69.7. The summed E-state index contributed by atoms with van der Waals surface area (Å²) in [7, 11) is 4.14. The van der Waals surface area contributed by atoms with E-state index in [2.05, 4.69) is 31.2 Å². The Morgan fingerprint density at radius 1 is 0.479 bits per heavy atom. The molecule has 9 heterocycles. The summed E-state index contributed by atoms with van der Waals surface area (Å²) in [6.45, 7) is 4.76. The van der Waals surface area contributed by atoms with Crippen LogP contribution in [0.25, 0.3) is 0 Å². The molecule has 0 fully saturated rings. The first-order valence-corrected chi connectivity index (χ1v) is 29.8. The molecule has 0 saturated heterocycles. The van der Waals surface area contributed by atoms with Gasteiger partial charge in [0.25, 0.3) is 17.7 Å². The molecule has 96 heavy (non-hydrogen) atoms. The van der Waals surface area contributed by atoms with Crippen molar-refractivity contribution in [2.24, 2.45) is 0 Å². The van der Waals surface area contributed by atoms with E-state index >= 15 is 0 Å². The number of aryl methyl sites for hydroxylation is 1. The predicted molar refractivity (Wildman–Crippen MR) is 313 cm³/mol. The van der Waals surface area contributed by atoms with E-state index in [0.29, 0.717) is 75.7 Å². The summed E-state index contributed by atoms with van der Waals surface area (Å²) in [5.41, 5.74) is 1.53. The van der Waals surface area contributed by atoms with Crippen molar-refractivity contribution >= 4 is 52.9 Å². The zero-order valence-corrected chi connectivity index (χ0v) is 52.2. The van der Waals surface area contributed by atoms with Gasteiger partial charge in [-0.3, -0.25) is 42.9 Å². The lowest BCUT2D eigenvalue weighted by Gasteiger charge is -2.33.